The standard InChI is InChI=1S/C12H23N3OS/c1-4-13-12-14-8-11(17-12)9-15(10(2)3)6-5-7-16/h8,10,16H,4-7,9H2,1-3H3,(H,13,14). The number of aliphatic hydroxyl groups excluding tert-OH is 1. The number of thiazole rings is 1. The van der Waals surface area contributed by atoms with Gasteiger partial charge in [-0.25, -0.2) is 4.98 Å². The molecule has 0 saturated heterocycles. The Hall–Kier alpha value is -0.650. The van der Waals surface area contributed by atoms with Crippen molar-refractivity contribution in [3.05, 3.63) is 11.1 Å². The van der Waals surface area contributed by atoms with Gasteiger partial charge in [0.15, 0.2) is 5.13 Å². The van der Waals surface area contributed by atoms with E-state index in [0.717, 1.165) is 31.2 Å². The Morgan fingerprint density at radius 2 is 2.29 bits per heavy atom. The number of hydrogen-bond donors (Lipinski definition) is 2. The first-order valence-electron chi connectivity index (χ1n) is 6.20. The molecule has 5 heteroatoms. The van der Waals surface area contributed by atoms with Crippen molar-refractivity contribution in [1.29, 1.82) is 0 Å². The Labute approximate surface area is 108 Å². The quantitative estimate of drug-likeness (QED) is 0.749. The maximum Gasteiger partial charge on any atom is 0.182 e. The third-order valence-corrected chi connectivity index (χ3v) is 3.51. The van der Waals surface area contributed by atoms with Crippen LogP contribution in [0.25, 0.3) is 0 Å². The number of hydrogen-bond acceptors (Lipinski definition) is 5. The fraction of sp³-hybridized carbons (Fsp3) is 0.750. The molecular weight excluding hydrogens is 234 g/mol. The number of anilines is 1. The molecule has 98 valence electrons. The molecule has 0 aliphatic carbocycles. The molecule has 0 atom stereocenters. The molecule has 0 radical (unpaired) electrons. The Morgan fingerprint density at radius 1 is 1.53 bits per heavy atom. The predicted molar refractivity (Wildman–Crippen MR) is 73.5 cm³/mol. The van der Waals surface area contributed by atoms with Crippen LogP contribution in [0.4, 0.5) is 5.13 Å². The smallest absolute Gasteiger partial charge is 0.182 e. The third kappa shape index (κ3) is 5.02. The van der Waals surface area contributed by atoms with Crippen molar-refractivity contribution in [3.8, 4) is 0 Å². The van der Waals surface area contributed by atoms with Crippen molar-refractivity contribution in [1.82, 2.24) is 9.88 Å². The van der Waals surface area contributed by atoms with Crippen LogP contribution < -0.4 is 5.32 Å². The highest BCUT2D eigenvalue weighted by atomic mass is 32.1. The first kappa shape index (κ1) is 14.4. The van der Waals surface area contributed by atoms with E-state index in [1.165, 1.54) is 4.88 Å². The molecule has 0 bridgehead atoms. The van der Waals surface area contributed by atoms with Gasteiger partial charge in [-0.3, -0.25) is 4.90 Å². The summed E-state index contributed by atoms with van der Waals surface area (Å²) >= 11 is 1.71. The van der Waals surface area contributed by atoms with Gasteiger partial charge in [-0.1, -0.05) is 0 Å². The van der Waals surface area contributed by atoms with Gasteiger partial charge in [-0.05, 0) is 27.2 Å². The fourth-order valence-corrected chi connectivity index (χ4v) is 2.51. The van der Waals surface area contributed by atoms with Gasteiger partial charge in [0.25, 0.3) is 0 Å². The first-order chi connectivity index (χ1) is 8.17. The van der Waals surface area contributed by atoms with Crippen LogP contribution >= 0.6 is 11.3 Å². The molecule has 0 aromatic carbocycles. The van der Waals surface area contributed by atoms with Crippen molar-refractivity contribution in [2.45, 2.75) is 39.8 Å². The van der Waals surface area contributed by atoms with Gasteiger partial charge in [0.05, 0.1) is 0 Å². The summed E-state index contributed by atoms with van der Waals surface area (Å²) in [6.45, 7) is 9.46. The fourth-order valence-electron chi connectivity index (χ4n) is 1.61. The molecule has 1 rings (SSSR count). The molecule has 4 nitrogen and oxygen atoms in total. The van der Waals surface area contributed by atoms with E-state index in [0.29, 0.717) is 6.04 Å². The van der Waals surface area contributed by atoms with Crippen LogP contribution in [-0.4, -0.2) is 40.7 Å². The molecule has 0 unspecified atom stereocenters. The summed E-state index contributed by atoms with van der Waals surface area (Å²) in [5, 5.41) is 13.1. The van der Waals surface area contributed by atoms with Gasteiger partial charge >= 0.3 is 0 Å². The Morgan fingerprint density at radius 3 is 2.88 bits per heavy atom. The zero-order valence-corrected chi connectivity index (χ0v) is 11.8. The van der Waals surface area contributed by atoms with Gasteiger partial charge in [0.2, 0.25) is 0 Å². The van der Waals surface area contributed by atoms with E-state index in [1.807, 2.05) is 6.20 Å². The average Bonchev–Trinajstić information content (AvgIpc) is 2.72. The Bertz CT molecular complexity index is 314. The van der Waals surface area contributed by atoms with Gasteiger partial charge in [0, 0.05) is 43.4 Å². The lowest BCUT2D eigenvalue weighted by Gasteiger charge is -2.25. The third-order valence-electron chi connectivity index (χ3n) is 2.57. The minimum absolute atomic E-state index is 0.258. The number of rotatable bonds is 8. The first-order valence-corrected chi connectivity index (χ1v) is 7.02. The lowest BCUT2D eigenvalue weighted by atomic mass is 10.3. The number of nitrogens with zero attached hydrogens (tertiary/aromatic N) is 2. The highest BCUT2D eigenvalue weighted by molar-refractivity contribution is 7.15. The summed E-state index contributed by atoms with van der Waals surface area (Å²) in [5.41, 5.74) is 0. The highest BCUT2D eigenvalue weighted by Crippen LogP contribution is 2.20. The van der Waals surface area contributed by atoms with E-state index in [9.17, 15) is 0 Å². The lowest BCUT2D eigenvalue weighted by Crippen LogP contribution is -2.31. The summed E-state index contributed by atoms with van der Waals surface area (Å²) in [6, 6.07) is 0.492. The van der Waals surface area contributed by atoms with Crippen molar-refractivity contribution in [2.75, 3.05) is 25.0 Å². The van der Waals surface area contributed by atoms with Gasteiger partial charge < -0.3 is 10.4 Å². The molecule has 0 aliphatic heterocycles. The molecule has 1 heterocycles. The van der Waals surface area contributed by atoms with E-state index in [2.05, 4.69) is 36.0 Å². The lowest BCUT2D eigenvalue weighted by molar-refractivity contribution is 0.186. The minimum atomic E-state index is 0.258. The highest BCUT2D eigenvalue weighted by Gasteiger charge is 2.11. The predicted octanol–water partition coefficient (Wildman–Crippen LogP) is 2.17. The zero-order valence-electron chi connectivity index (χ0n) is 10.9. The second-order valence-corrected chi connectivity index (χ2v) is 5.42. The zero-order chi connectivity index (χ0) is 12.7. The van der Waals surface area contributed by atoms with Crippen LogP contribution in [0.5, 0.6) is 0 Å². The summed E-state index contributed by atoms with van der Waals surface area (Å²) < 4.78 is 0. The van der Waals surface area contributed by atoms with Crippen molar-refractivity contribution in [3.63, 3.8) is 0 Å². The van der Waals surface area contributed by atoms with E-state index in [-0.39, 0.29) is 6.61 Å². The largest absolute Gasteiger partial charge is 0.396 e. The summed E-state index contributed by atoms with van der Waals surface area (Å²) in [6.07, 6.45) is 2.77. The van der Waals surface area contributed by atoms with Crippen LogP contribution in [0, 0.1) is 0 Å². The number of nitrogens with one attached hydrogen (secondary N) is 1. The van der Waals surface area contributed by atoms with Gasteiger partial charge in [-0.15, -0.1) is 11.3 Å². The normalized spacial score (nSPS) is 11.4. The van der Waals surface area contributed by atoms with Gasteiger partial charge in [0.1, 0.15) is 0 Å². The maximum atomic E-state index is 8.89. The average molecular weight is 257 g/mol. The molecule has 2 N–H and O–H groups in total. The number of aromatic nitrogens is 1. The van der Waals surface area contributed by atoms with Crippen LogP contribution in [0.3, 0.4) is 0 Å². The van der Waals surface area contributed by atoms with Crippen molar-refractivity contribution in [2.24, 2.45) is 0 Å². The number of aliphatic hydroxyl groups is 1. The second kappa shape index (κ2) is 7.63. The second-order valence-electron chi connectivity index (χ2n) is 4.30. The molecule has 0 aliphatic rings. The van der Waals surface area contributed by atoms with Crippen LogP contribution in [0.15, 0.2) is 6.20 Å². The van der Waals surface area contributed by atoms with E-state index >= 15 is 0 Å². The van der Waals surface area contributed by atoms with Crippen molar-refractivity contribution < 1.29 is 5.11 Å². The summed E-state index contributed by atoms with van der Waals surface area (Å²) in [7, 11) is 0. The van der Waals surface area contributed by atoms with Crippen LogP contribution in [0.1, 0.15) is 32.1 Å². The Kier molecular flexibility index (Phi) is 6.47. The monoisotopic (exact) mass is 257 g/mol. The van der Waals surface area contributed by atoms with E-state index in [4.69, 9.17) is 5.11 Å². The van der Waals surface area contributed by atoms with Crippen LogP contribution in [0.2, 0.25) is 0 Å². The van der Waals surface area contributed by atoms with E-state index in [1.54, 1.807) is 11.3 Å². The maximum absolute atomic E-state index is 8.89. The SMILES string of the molecule is CCNc1ncc(CN(CCCO)C(C)C)s1. The molecule has 17 heavy (non-hydrogen) atoms. The van der Waals surface area contributed by atoms with Crippen LogP contribution in [-0.2, 0) is 6.54 Å². The van der Waals surface area contributed by atoms with E-state index < -0.39 is 0 Å². The minimum Gasteiger partial charge on any atom is -0.396 e. The molecule has 0 saturated carbocycles. The molecule has 1 aromatic rings. The summed E-state index contributed by atoms with van der Waals surface area (Å²) in [5.74, 6) is 0. The Balaban J connectivity index is 2.52. The molecular formula is C12H23N3OS. The molecule has 0 fully saturated rings. The summed E-state index contributed by atoms with van der Waals surface area (Å²) in [4.78, 5) is 7.96. The topological polar surface area (TPSA) is 48.4 Å². The molecule has 0 amide bonds. The van der Waals surface area contributed by atoms with Crippen molar-refractivity contribution >= 4 is 16.5 Å². The molecule has 1 aromatic heterocycles. The van der Waals surface area contributed by atoms with Gasteiger partial charge in [-0.2, -0.15) is 0 Å². The molecule has 0 spiro atoms.